The Hall–Kier alpha value is -3.30. The Morgan fingerprint density at radius 3 is 2.73 bits per heavy atom. The highest BCUT2D eigenvalue weighted by Crippen LogP contribution is 2.36. The molecule has 3 N–H and O–H groups in total. The number of nitrogens with one attached hydrogen (secondary N) is 2. The zero-order valence-electron chi connectivity index (χ0n) is 15.8. The normalized spacial score (nSPS) is 10.8. The van der Waals surface area contributed by atoms with Crippen LogP contribution < -0.4 is 15.6 Å². The van der Waals surface area contributed by atoms with Crippen molar-refractivity contribution in [2.75, 3.05) is 18.2 Å². The summed E-state index contributed by atoms with van der Waals surface area (Å²) in [5.74, 6) is 0.298. The molecule has 0 unspecified atom stereocenters. The van der Waals surface area contributed by atoms with E-state index in [1.165, 1.54) is 11.3 Å². The molecular formula is C21H17N3O4S2. The Morgan fingerprint density at radius 2 is 2.00 bits per heavy atom. The second-order valence-corrected chi connectivity index (χ2v) is 8.29. The maximum atomic E-state index is 12.4. The van der Waals surface area contributed by atoms with E-state index in [0.29, 0.717) is 27.0 Å². The molecule has 0 saturated carbocycles. The van der Waals surface area contributed by atoms with E-state index in [2.05, 4.69) is 15.3 Å². The van der Waals surface area contributed by atoms with Gasteiger partial charge in [0.25, 0.3) is 5.56 Å². The Bertz CT molecular complexity index is 1230. The van der Waals surface area contributed by atoms with Crippen molar-refractivity contribution in [3.63, 3.8) is 0 Å². The maximum Gasteiger partial charge on any atom is 0.252 e. The van der Waals surface area contributed by atoms with Crippen LogP contribution in [0.4, 0.5) is 5.13 Å². The third-order valence-electron chi connectivity index (χ3n) is 4.25. The largest absolute Gasteiger partial charge is 0.507 e. The van der Waals surface area contributed by atoms with Gasteiger partial charge in [0.15, 0.2) is 5.13 Å². The third-order valence-corrected chi connectivity index (χ3v) is 6.21. The molecule has 0 radical (unpaired) electrons. The SMILES string of the molecule is COc1ccc(-c2c(O)cc(=O)[nH]c2SCC(=O)Nc2nc3ccccc3s2)cc1. The second-order valence-electron chi connectivity index (χ2n) is 6.28. The van der Waals surface area contributed by atoms with Gasteiger partial charge in [0.2, 0.25) is 5.91 Å². The van der Waals surface area contributed by atoms with Crippen molar-refractivity contribution in [2.24, 2.45) is 0 Å². The van der Waals surface area contributed by atoms with Crippen LogP contribution in [0.2, 0.25) is 0 Å². The van der Waals surface area contributed by atoms with E-state index in [4.69, 9.17) is 4.74 Å². The van der Waals surface area contributed by atoms with Crippen LogP contribution in [0, 0.1) is 0 Å². The summed E-state index contributed by atoms with van der Waals surface area (Å²) in [6, 6.07) is 15.8. The van der Waals surface area contributed by atoms with E-state index in [-0.39, 0.29) is 17.4 Å². The highest BCUT2D eigenvalue weighted by Gasteiger charge is 2.16. The summed E-state index contributed by atoms with van der Waals surface area (Å²) in [4.78, 5) is 31.4. The quantitative estimate of drug-likeness (QED) is 0.391. The fourth-order valence-corrected chi connectivity index (χ4v) is 4.66. The highest BCUT2D eigenvalue weighted by atomic mass is 32.2. The van der Waals surface area contributed by atoms with Gasteiger partial charge in [0.05, 0.1) is 33.7 Å². The number of thiazole rings is 1. The fraction of sp³-hybridized carbons (Fsp3) is 0.0952. The van der Waals surface area contributed by atoms with Gasteiger partial charge in [-0.1, -0.05) is 47.4 Å². The number of benzene rings is 2. The van der Waals surface area contributed by atoms with Crippen molar-refractivity contribution < 1.29 is 14.6 Å². The lowest BCUT2D eigenvalue weighted by molar-refractivity contribution is -0.113. The highest BCUT2D eigenvalue weighted by molar-refractivity contribution is 8.00. The first kappa shape index (κ1) is 20.0. The number of aromatic nitrogens is 2. The lowest BCUT2D eigenvalue weighted by Gasteiger charge is -2.11. The number of aromatic hydroxyl groups is 1. The van der Waals surface area contributed by atoms with Crippen molar-refractivity contribution in [3.8, 4) is 22.6 Å². The molecule has 7 nitrogen and oxygen atoms in total. The van der Waals surface area contributed by atoms with E-state index in [1.807, 2.05) is 24.3 Å². The van der Waals surface area contributed by atoms with Crippen LogP contribution in [0.3, 0.4) is 0 Å². The number of fused-ring (bicyclic) bond motifs is 1. The van der Waals surface area contributed by atoms with Gasteiger partial charge < -0.3 is 20.1 Å². The Labute approximate surface area is 179 Å². The number of carbonyl (C=O) groups is 1. The number of rotatable bonds is 6. The van der Waals surface area contributed by atoms with Crippen LogP contribution in [0.15, 0.2) is 64.4 Å². The number of methoxy groups -OCH3 is 1. The summed E-state index contributed by atoms with van der Waals surface area (Å²) in [5.41, 5.74) is 1.53. The molecule has 4 aromatic rings. The number of amides is 1. The van der Waals surface area contributed by atoms with Crippen LogP contribution in [0.25, 0.3) is 21.3 Å². The van der Waals surface area contributed by atoms with Gasteiger partial charge in [-0.2, -0.15) is 0 Å². The first-order valence-electron chi connectivity index (χ1n) is 8.92. The molecule has 0 fully saturated rings. The molecule has 9 heteroatoms. The molecular weight excluding hydrogens is 422 g/mol. The molecule has 0 bridgehead atoms. The molecule has 4 rings (SSSR count). The summed E-state index contributed by atoms with van der Waals surface area (Å²) in [6.45, 7) is 0. The predicted molar refractivity (Wildman–Crippen MR) is 120 cm³/mol. The van der Waals surface area contributed by atoms with Crippen LogP contribution in [0.5, 0.6) is 11.5 Å². The number of aromatic amines is 1. The zero-order valence-corrected chi connectivity index (χ0v) is 17.5. The minimum Gasteiger partial charge on any atom is -0.507 e. The smallest absolute Gasteiger partial charge is 0.252 e. The third kappa shape index (κ3) is 4.32. The number of ether oxygens (including phenoxy) is 1. The standard InChI is InChI=1S/C21H17N3O4S2/c1-28-13-8-6-12(7-9-13)19-15(25)10-17(26)23-20(19)29-11-18(27)24-21-22-14-4-2-3-5-16(14)30-21/h2-10H,11H2,1H3,(H,22,24,27)(H2,23,25,26). The summed E-state index contributed by atoms with van der Waals surface area (Å²) in [6.07, 6.45) is 0. The molecule has 2 aromatic carbocycles. The van der Waals surface area contributed by atoms with Gasteiger partial charge in [0.1, 0.15) is 11.5 Å². The molecule has 1 amide bonds. The number of hydrogen-bond acceptors (Lipinski definition) is 7. The average Bonchev–Trinajstić information content (AvgIpc) is 3.14. The van der Waals surface area contributed by atoms with Crippen molar-refractivity contribution in [1.82, 2.24) is 9.97 Å². The van der Waals surface area contributed by atoms with Gasteiger partial charge in [-0.15, -0.1) is 0 Å². The summed E-state index contributed by atoms with van der Waals surface area (Å²) < 4.78 is 6.14. The Kier molecular flexibility index (Phi) is 5.73. The molecule has 0 atom stereocenters. The Balaban J connectivity index is 1.53. The predicted octanol–water partition coefficient (Wildman–Crippen LogP) is 4.10. The summed E-state index contributed by atoms with van der Waals surface area (Å²) in [5, 5.41) is 14.1. The van der Waals surface area contributed by atoms with Gasteiger partial charge >= 0.3 is 0 Å². The molecule has 152 valence electrons. The minimum absolute atomic E-state index is 0.0402. The number of pyridine rings is 1. The topological polar surface area (TPSA) is 104 Å². The van der Waals surface area contributed by atoms with Crippen LogP contribution in [-0.4, -0.2) is 33.8 Å². The maximum absolute atomic E-state index is 12.4. The number of H-pyrrole nitrogens is 1. The summed E-state index contributed by atoms with van der Waals surface area (Å²) >= 11 is 2.53. The van der Waals surface area contributed by atoms with E-state index >= 15 is 0 Å². The van der Waals surface area contributed by atoms with Crippen LogP contribution >= 0.6 is 23.1 Å². The van der Waals surface area contributed by atoms with E-state index in [1.54, 1.807) is 31.4 Å². The van der Waals surface area contributed by atoms with Crippen molar-refractivity contribution in [3.05, 3.63) is 65.0 Å². The molecule has 0 spiro atoms. The Morgan fingerprint density at radius 1 is 1.23 bits per heavy atom. The van der Waals surface area contributed by atoms with Crippen molar-refractivity contribution in [2.45, 2.75) is 5.03 Å². The molecule has 2 heterocycles. The fourth-order valence-electron chi connectivity index (χ4n) is 2.89. The summed E-state index contributed by atoms with van der Waals surface area (Å²) in [7, 11) is 1.57. The number of para-hydroxylation sites is 1. The first-order chi connectivity index (χ1) is 14.5. The number of anilines is 1. The molecule has 0 aliphatic carbocycles. The van der Waals surface area contributed by atoms with Gasteiger partial charge in [-0.25, -0.2) is 4.98 Å². The number of carbonyl (C=O) groups excluding carboxylic acids is 1. The molecule has 0 aliphatic heterocycles. The molecule has 0 aliphatic rings. The van der Waals surface area contributed by atoms with Crippen LogP contribution in [0.1, 0.15) is 0 Å². The minimum atomic E-state index is -0.446. The number of thioether (sulfide) groups is 1. The zero-order chi connectivity index (χ0) is 21.1. The van der Waals surface area contributed by atoms with E-state index < -0.39 is 5.56 Å². The molecule has 0 saturated heterocycles. The van der Waals surface area contributed by atoms with Crippen molar-refractivity contribution in [1.29, 1.82) is 0 Å². The lowest BCUT2D eigenvalue weighted by Crippen LogP contribution is -2.15. The van der Waals surface area contributed by atoms with E-state index in [0.717, 1.165) is 28.0 Å². The molecule has 2 aromatic heterocycles. The van der Waals surface area contributed by atoms with Gasteiger partial charge in [-0.05, 0) is 29.8 Å². The van der Waals surface area contributed by atoms with Crippen LogP contribution in [-0.2, 0) is 4.79 Å². The molecule has 30 heavy (non-hydrogen) atoms. The first-order valence-corrected chi connectivity index (χ1v) is 10.7. The number of hydrogen-bond donors (Lipinski definition) is 3. The van der Waals surface area contributed by atoms with E-state index in [9.17, 15) is 14.7 Å². The van der Waals surface area contributed by atoms with Gasteiger partial charge in [-0.3, -0.25) is 9.59 Å². The van der Waals surface area contributed by atoms with Crippen molar-refractivity contribution >= 4 is 44.4 Å². The number of nitrogens with zero attached hydrogens (tertiary/aromatic N) is 1. The van der Waals surface area contributed by atoms with Gasteiger partial charge in [0, 0.05) is 6.07 Å². The monoisotopic (exact) mass is 439 g/mol. The second kappa shape index (κ2) is 8.60. The lowest BCUT2D eigenvalue weighted by atomic mass is 10.1. The average molecular weight is 440 g/mol.